The molecule has 0 atom stereocenters. The smallest absolute Gasteiger partial charge is 0.257 e. The molecule has 0 unspecified atom stereocenters. The summed E-state index contributed by atoms with van der Waals surface area (Å²) in [7, 11) is -3.36. The maximum Gasteiger partial charge on any atom is 0.257 e. The Morgan fingerprint density at radius 1 is 1.17 bits per heavy atom. The number of benzene rings is 2. The van der Waals surface area contributed by atoms with E-state index in [0.717, 1.165) is 27.6 Å². The van der Waals surface area contributed by atoms with Crippen LogP contribution in [0.5, 0.6) is 0 Å². The van der Waals surface area contributed by atoms with Crippen molar-refractivity contribution >= 4 is 42.4 Å². The number of rotatable bonds is 3. The standard InChI is InChI=1S/C17H16N2O3S2/c1-10-7-8-14-15(11(10)2)18-17(23-14)19-16(20)12-5-4-6-13(9-12)24(3,21)22/h4-9H,1-3H3,(H,18,19,20). The second-order valence-corrected chi connectivity index (χ2v) is 8.67. The first-order valence-electron chi connectivity index (χ1n) is 7.24. The van der Waals surface area contributed by atoms with Crippen molar-refractivity contribution in [3.05, 3.63) is 53.1 Å². The molecular weight excluding hydrogens is 344 g/mol. The van der Waals surface area contributed by atoms with Crippen molar-refractivity contribution in [3.8, 4) is 0 Å². The summed E-state index contributed by atoms with van der Waals surface area (Å²) in [5, 5.41) is 3.24. The van der Waals surface area contributed by atoms with Gasteiger partial charge in [0.1, 0.15) is 0 Å². The Bertz CT molecular complexity index is 1050. The largest absolute Gasteiger partial charge is 0.298 e. The zero-order valence-electron chi connectivity index (χ0n) is 13.5. The van der Waals surface area contributed by atoms with Crippen LogP contribution in [0.1, 0.15) is 21.5 Å². The molecule has 1 N–H and O–H groups in total. The predicted molar refractivity (Wildman–Crippen MR) is 96.6 cm³/mol. The summed E-state index contributed by atoms with van der Waals surface area (Å²) >= 11 is 1.39. The minimum atomic E-state index is -3.36. The molecule has 0 spiro atoms. The number of carbonyl (C=O) groups excluding carboxylic acids is 1. The van der Waals surface area contributed by atoms with Crippen LogP contribution in [-0.4, -0.2) is 25.6 Å². The Morgan fingerprint density at radius 3 is 2.62 bits per heavy atom. The van der Waals surface area contributed by atoms with Crippen LogP contribution in [0.25, 0.3) is 10.2 Å². The van der Waals surface area contributed by atoms with Gasteiger partial charge in [0, 0.05) is 11.8 Å². The van der Waals surface area contributed by atoms with E-state index < -0.39 is 9.84 Å². The lowest BCUT2D eigenvalue weighted by molar-refractivity contribution is 0.102. The molecule has 0 aliphatic rings. The van der Waals surface area contributed by atoms with E-state index in [4.69, 9.17) is 0 Å². The molecule has 0 saturated carbocycles. The quantitative estimate of drug-likeness (QED) is 0.775. The van der Waals surface area contributed by atoms with E-state index in [1.807, 2.05) is 26.0 Å². The highest BCUT2D eigenvalue weighted by Gasteiger charge is 2.14. The predicted octanol–water partition coefficient (Wildman–Crippen LogP) is 3.57. The van der Waals surface area contributed by atoms with Gasteiger partial charge in [-0.2, -0.15) is 0 Å². The Balaban J connectivity index is 1.92. The van der Waals surface area contributed by atoms with Gasteiger partial charge in [-0.15, -0.1) is 0 Å². The monoisotopic (exact) mass is 360 g/mol. The zero-order valence-corrected chi connectivity index (χ0v) is 15.1. The number of carbonyl (C=O) groups is 1. The van der Waals surface area contributed by atoms with Gasteiger partial charge in [0.25, 0.3) is 5.91 Å². The average molecular weight is 360 g/mol. The van der Waals surface area contributed by atoms with Crippen molar-refractivity contribution < 1.29 is 13.2 Å². The molecule has 3 rings (SSSR count). The van der Waals surface area contributed by atoms with Crippen molar-refractivity contribution in [3.63, 3.8) is 0 Å². The number of nitrogens with one attached hydrogen (secondary N) is 1. The molecule has 1 amide bonds. The number of hydrogen-bond donors (Lipinski definition) is 1. The normalized spacial score (nSPS) is 11.6. The third kappa shape index (κ3) is 3.18. The van der Waals surface area contributed by atoms with Crippen LogP contribution < -0.4 is 5.32 Å². The van der Waals surface area contributed by atoms with E-state index in [2.05, 4.69) is 10.3 Å². The summed E-state index contributed by atoms with van der Waals surface area (Å²) in [6, 6.07) is 9.97. The average Bonchev–Trinajstić information content (AvgIpc) is 2.94. The van der Waals surface area contributed by atoms with Crippen LogP contribution in [0.2, 0.25) is 0 Å². The molecule has 24 heavy (non-hydrogen) atoms. The lowest BCUT2D eigenvalue weighted by Crippen LogP contribution is -2.12. The highest BCUT2D eigenvalue weighted by atomic mass is 32.2. The molecule has 0 aliphatic heterocycles. The Labute approximate surface area is 144 Å². The number of sulfone groups is 1. The molecule has 3 aromatic rings. The Morgan fingerprint density at radius 2 is 1.92 bits per heavy atom. The van der Waals surface area contributed by atoms with Gasteiger partial charge in [-0.25, -0.2) is 13.4 Å². The first-order chi connectivity index (χ1) is 11.3. The van der Waals surface area contributed by atoms with E-state index in [0.29, 0.717) is 5.13 Å². The maximum absolute atomic E-state index is 12.4. The third-order valence-corrected chi connectivity index (χ3v) is 5.88. The second kappa shape index (κ2) is 5.99. The maximum atomic E-state index is 12.4. The minimum Gasteiger partial charge on any atom is -0.298 e. The van der Waals surface area contributed by atoms with E-state index >= 15 is 0 Å². The van der Waals surface area contributed by atoms with Crippen molar-refractivity contribution in [2.24, 2.45) is 0 Å². The summed E-state index contributed by atoms with van der Waals surface area (Å²) in [4.78, 5) is 17.0. The molecule has 124 valence electrons. The summed E-state index contributed by atoms with van der Waals surface area (Å²) in [5.41, 5.74) is 3.39. The number of hydrogen-bond acceptors (Lipinski definition) is 5. The third-order valence-electron chi connectivity index (χ3n) is 3.83. The number of aromatic nitrogens is 1. The molecule has 2 aromatic carbocycles. The zero-order chi connectivity index (χ0) is 17.5. The van der Waals surface area contributed by atoms with Crippen LogP contribution in [0.15, 0.2) is 41.3 Å². The van der Waals surface area contributed by atoms with Crippen molar-refractivity contribution in [2.75, 3.05) is 11.6 Å². The van der Waals surface area contributed by atoms with Gasteiger partial charge in [0.15, 0.2) is 15.0 Å². The fourth-order valence-corrected chi connectivity index (χ4v) is 3.90. The summed E-state index contributed by atoms with van der Waals surface area (Å²) in [6.07, 6.45) is 1.11. The molecule has 0 fully saturated rings. The molecule has 0 bridgehead atoms. The minimum absolute atomic E-state index is 0.117. The number of thiazole rings is 1. The molecule has 5 nitrogen and oxygen atoms in total. The molecule has 1 heterocycles. The SMILES string of the molecule is Cc1ccc2sc(NC(=O)c3cccc(S(C)(=O)=O)c3)nc2c1C. The topological polar surface area (TPSA) is 76.1 Å². The van der Waals surface area contributed by atoms with Gasteiger partial charge in [-0.05, 0) is 49.2 Å². The first kappa shape index (κ1) is 16.6. The highest BCUT2D eigenvalue weighted by molar-refractivity contribution is 7.90. The number of amides is 1. The number of anilines is 1. The number of aryl methyl sites for hydroxylation is 2. The van der Waals surface area contributed by atoms with Gasteiger partial charge in [-0.1, -0.05) is 23.5 Å². The van der Waals surface area contributed by atoms with E-state index in [9.17, 15) is 13.2 Å². The number of nitrogens with zero attached hydrogens (tertiary/aromatic N) is 1. The van der Waals surface area contributed by atoms with E-state index in [1.165, 1.54) is 23.5 Å². The molecule has 0 aliphatic carbocycles. The van der Waals surface area contributed by atoms with E-state index in [-0.39, 0.29) is 16.4 Å². The molecular formula is C17H16N2O3S2. The molecule has 0 saturated heterocycles. The first-order valence-corrected chi connectivity index (χ1v) is 9.95. The summed E-state index contributed by atoms with van der Waals surface area (Å²) in [5.74, 6) is -0.381. The molecule has 1 aromatic heterocycles. The van der Waals surface area contributed by atoms with Crippen LogP contribution in [0, 0.1) is 13.8 Å². The lowest BCUT2D eigenvalue weighted by atomic mass is 10.1. The van der Waals surface area contributed by atoms with Gasteiger partial charge in [0.2, 0.25) is 0 Å². The van der Waals surface area contributed by atoms with Crippen LogP contribution in [-0.2, 0) is 9.84 Å². The summed E-state index contributed by atoms with van der Waals surface area (Å²) in [6.45, 7) is 4.02. The van der Waals surface area contributed by atoms with Crippen molar-refractivity contribution in [1.29, 1.82) is 0 Å². The van der Waals surface area contributed by atoms with E-state index in [1.54, 1.807) is 12.1 Å². The van der Waals surface area contributed by atoms with Crippen molar-refractivity contribution in [1.82, 2.24) is 4.98 Å². The van der Waals surface area contributed by atoms with Gasteiger partial charge in [-0.3, -0.25) is 10.1 Å². The lowest BCUT2D eigenvalue weighted by Gasteiger charge is -2.03. The fraction of sp³-hybridized carbons (Fsp3) is 0.176. The van der Waals surface area contributed by atoms with Gasteiger partial charge >= 0.3 is 0 Å². The second-order valence-electron chi connectivity index (χ2n) is 5.63. The van der Waals surface area contributed by atoms with Crippen LogP contribution in [0.3, 0.4) is 0 Å². The number of fused-ring (bicyclic) bond motifs is 1. The fourth-order valence-electron chi connectivity index (χ4n) is 2.32. The van der Waals surface area contributed by atoms with Crippen LogP contribution in [0.4, 0.5) is 5.13 Å². The summed E-state index contributed by atoms with van der Waals surface area (Å²) < 4.78 is 24.2. The van der Waals surface area contributed by atoms with Crippen molar-refractivity contribution in [2.45, 2.75) is 18.7 Å². The molecule has 7 heteroatoms. The highest BCUT2D eigenvalue weighted by Crippen LogP contribution is 2.29. The Hall–Kier alpha value is -2.25. The van der Waals surface area contributed by atoms with Gasteiger partial charge < -0.3 is 0 Å². The molecule has 0 radical (unpaired) electrons. The van der Waals surface area contributed by atoms with Crippen LogP contribution >= 0.6 is 11.3 Å². The Kier molecular flexibility index (Phi) is 4.15. The van der Waals surface area contributed by atoms with Gasteiger partial charge in [0.05, 0.1) is 15.1 Å².